The van der Waals surface area contributed by atoms with E-state index in [-0.39, 0.29) is 16.5 Å². The Hall–Kier alpha value is -1.16. The third kappa shape index (κ3) is 2.85. The molecule has 2 atom stereocenters. The number of hydrogen-bond donors (Lipinski definition) is 0. The molecule has 1 fully saturated rings. The van der Waals surface area contributed by atoms with Gasteiger partial charge in [0.15, 0.2) is 0 Å². The van der Waals surface area contributed by atoms with Crippen LogP contribution in [0.5, 0.6) is 0 Å². The second kappa shape index (κ2) is 6.53. The van der Waals surface area contributed by atoms with E-state index in [4.69, 9.17) is 23.2 Å². The predicted octanol–water partition coefficient (Wildman–Crippen LogP) is 5.55. The van der Waals surface area contributed by atoms with Gasteiger partial charge in [0.25, 0.3) is 0 Å². The van der Waals surface area contributed by atoms with Crippen LogP contribution in [0, 0.1) is 0 Å². The molecule has 3 rings (SSSR count). The van der Waals surface area contributed by atoms with Gasteiger partial charge in [0, 0.05) is 21.3 Å². The Bertz CT molecular complexity index is 707. The summed E-state index contributed by atoms with van der Waals surface area (Å²) in [6.45, 7) is 2.03. The monoisotopic (exact) mass is 351 g/mol. The molecule has 5 heteroatoms. The minimum Gasteiger partial charge on any atom is -0.295 e. The largest absolute Gasteiger partial charge is 0.295 e. The summed E-state index contributed by atoms with van der Waals surface area (Å²) < 4.78 is 0. The second-order valence-electron chi connectivity index (χ2n) is 5.09. The fourth-order valence-corrected chi connectivity index (χ4v) is 4.51. The van der Waals surface area contributed by atoms with E-state index in [0.717, 1.165) is 17.7 Å². The first-order valence-corrected chi connectivity index (χ1v) is 8.80. The summed E-state index contributed by atoms with van der Waals surface area (Å²) in [6.07, 6.45) is 0.793. The lowest BCUT2D eigenvalue weighted by Gasteiger charge is -2.25. The number of rotatable bonds is 3. The first-order valence-electron chi connectivity index (χ1n) is 7.10. The van der Waals surface area contributed by atoms with E-state index in [1.54, 1.807) is 17.8 Å². The Morgan fingerprint density at radius 3 is 2.59 bits per heavy atom. The maximum atomic E-state index is 12.8. The number of nitrogens with zero attached hydrogens (tertiary/aromatic N) is 1. The number of benzene rings is 2. The van der Waals surface area contributed by atoms with Gasteiger partial charge in [-0.2, -0.15) is 0 Å². The highest BCUT2D eigenvalue weighted by atomic mass is 35.5. The van der Waals surface area contributed by atoms with E-state index in [1.165, 1.54) is 0 Å². The molecule has 2 unspecified atom stereocenters. The summed E-state index contributed by atoms with van der Waals surface area (Å²) in [5.41, 5.74) is 1.77. The van der Waals surface area contributed by atoms with E-state index in [9.17, 15) is 4.79 Å². The molecule has 2 aromatic rings. The topological polar surface area (TPSA) is 20.3 Å². The van der Waals surface area contributed by atoms with Crippen LogP contribution in [-0.4, -0.2) is 11.2 Å². The van der Waals surface area contributed by atoms with Crippen molar-refractivity contribution in [3.8, 4) is 0 Å². The lowest BCUT2D eigenvalue weighted by molar-refractivity contribution is -0.117. The Labute approximate surface area is 144 Å². The molecule has 0 saturated carbocycles. The number of thioether (sulfide) groups is 1. The number of carbonyl (C=O) groups is 1. The summed E-state index contributed by atoms with van der Waals surface area (Å²) in [6, 6.07) is 15.1. The second-order valence-corrected chi connectivity index (χ2v) is 7.23. The van der Waals surface area contributed by atoms with Gasteiger partial charge >= 0.3 is 0 Å². The molecule has 1 saturated heterocycles. The maximum Gasteiger partial charge on any atom is 0.241 e. The zero-order valence-electron chi connectivity index (χ0n) is 12.0. The van der Waals surface area contributed by atoms with Crippen molar-refractivity contribution in [1.29, 1.82) is 0 Å². The van der Waals surface area contributed by atoms with Crippen LogP contribution >= 0.6 is 35.0 Å². The molecule has 0 spiro atoms. The molecular weight excluding hydrogens is 337 g/mol. The van der Waals surface area contributed by atoms with Gasteiger partial charge < -0.3 is 0 Å². The van der Waals surface area contributed by atoms with Gasteiger partial charge in [0.2, 0.25) is 5.91 Å². The van der Waals surface area contributed by atoms with Crippen LogP contribution in [0.15, 0.2) is 48.5 Å². The van der Waals surface area contributed by atoms with Crippen LogP contribution < -0.4 is 4.90 Å². The highest BCUT2D eigenvalue weighted by molar-refractivity contribution is 8.01. The Morgan fingerprint density at radius 2 is 1.91 bits per heavy atom. The van der Waals surface area contributed by atoms with E-state index < -0.39 is 0 Å². The first-order chi connectivity index (χ1) is 10.6. The quantitative estimate of drug-likeness (QED) is 0.722. The van der Waals surface area contributed by atoms with Crippen molar-refractivity contribution in [2.45, 2.75) is 24.0 Å². The molecule has 0 aromatic heterocycles. The number of halogens is 2. The molecule has 1 aliphatic heterocycles. The van der Waals surface area contributed by atoms with Crippen LogP contribution in [-0.2, 0) is 4.79 Å². The van der Waals surface area contributed by atoms with Crippen molar-refractivity contribution in [2.75, 3.05) is 4.90 Å². The van der Waals surface area contributed by atoms with Crippen molar-refractivity contribution >= 4 is 46.6 Å². The zero-order valence-corrected chi connectivity index (χ0v) is 14.3. The normalized spacial score (nSPS) is 21.4. The highest BCUT2D eigenvalue weighted by Crippen LogP contribution is 2.48. The summed E-state index contributed by atoms with van der Waals surface area (Å²) in [7, 11) is 0. The zero-order chi connectivity index (χ0) is 15.7. The average molecular weight is 352 g/mol. The minimum atomic E-state index is -0.121. The molecule has 0 bridgehead atoms. The van der Waals surface area contributed by atoms with Crippen molar-refractivity contribution in [3.05, 3.63) is 64.1 Å². The average Bonchev–Trinajstić information content (AvgIpc) is 2.84. The van der Waals surface area contributed by atoms with Crippen LogP contribution in [0.2, 0.25) is 10.0 Å². The van der Waals surface area contributed by atoms with Gasteiger partial charge in [0.05, 0.1) is 5.25 Å². The molecule has 0 aliphatic carbocycles. The van der Waals surface area contributed by atoms with Crippen molar-refractivity contribution in [1.82, 2.24) is 0 Å². The number of carbonyl (C=O) groups excluding carboxylic acids is 1. The van der Waals surface area contributed by atoms with Gasteiger partial charge in [-0.25, -0.2) is 0 Å². The fraction of sp³-hybridized carbons (Fsp3) is 0.235. The molecular formula is C17H15Cl2NOS. The van der Waals surface area contributed by atoms with Gasteiger partial charge in [-0.1, -0.05) is 54.4 Å². The number of amides is 1. The molecule has 1 amide bonds. The molecule has 114 valence electrons. The van der Waals surface area contributed by atoms with Crippen molar-refractivity contribution < 1.29 is 4.79 Å². The third-order valence-electron chi connectivity index (χ3n) is 3.67. The summed E-state index contributed by atoms with van der Waals surface area (Å²) in [4.78, 5) is 14.6. The molecule has 1 heterocycles. The smallest absolute Gasteiger partial charge is 0.241 e. The SMILES string of the molecule is CCC1SC(c2ccccc2Cl)N(c2cccc(Cl)c2)C1=O. The van der Waals surface area contributed by atoms with Gasteiger partial charge in [-0.15, -0.1) is 11.8 Å². The lowest BCUT2D eigenvalue weighted by Crippen LogP contribution is -2.30. The Kier molecular flexibility index (Phi) is 4.67. The van der Waals surface area contributed by atoms with Gasteiger partial charge in [0.1, 0.15) is 5.37 Å². The van der Waals surface area contributed by atoms with Crippen LogP contribution in [0.25, 0.3) is 0 Å². The highest BCUT2D eigenvalue weighted by Gasteiger charge is 2.41. The summed E-state index contributed by atoms with van der Waals surface area (Å²) in [5, 5.41) is 1.12. The minimum absolute atomic E-state index is 0.0553. The number of anilines is 1. The summed E-state index contributed by atoms with van der Waals surface area (Å²) in [5.74, 6) is 0.111. The molecule has 0 radical (unpaired) electrons. The fourth-order valence-electron chi connectivity index (χ4n) is 2.59. The Morgan fingerprint density at radius 1 is 1.14 bits per heavy atom. The summed E-state index contributed by atoms with van der Waals surface area (Å²) >= 11 is 14.1. The van der Waals surface area contributed by atoms with E-state index in [2.05, 4.69) is 0 Å². The van der Waals surface area contributed by atoms with E-state index >= 15 is 0 Å². The maximum absolute atomic E-state index is 12.8. The van der Waals surface area contributed by atoms with Crippen molar-refractivity contribution in [2.24, 2.45) is 0 Å². The van der Waals surface area contributed by atoms with E-state index in [1.807, 2.05) is 54.3 Å². The first kappa shape index (κ1) is 15.7. The number of hydrogen-bond acceptors (Lipinski definition) is 2. The van der Waals surface area contributed by atoms with Gasteiger partial charge in [-0.05, 0) is 30.7 Å². The van der Waals surface area contributed by atoms with Crippen LogP contribution in [0.1, 0.15) is 24.3 Å². The Balaban J connectivity index is 2.07. The third-order valence-corrected chi connectivity index (χ3v) is 5.83. The molecule has 2 aromatic carbocycles. The molecule has 22 heavy (non-hydrogen) atoms. The van der Waals surface area contributed by atoms with Crippen LogP contribution in [0.3, 0.4) is 0 Å². The van der Waals surface area contributed by atoms with Gasteiger partial charge in [-0.3, -0.25) is 9.69 Å². The predicted molar refractivity (Wildman–Crippen MR) is 94.8 cm³/mol. The standard InChI is InChI=1S/C17H15Cl2NOS/c1-2-15-16(21)20(12-7-5-6-11(18)10-12)17(22-15)13-8-3-4-9-14(13)19/h3-10,15,17H,2H2,1H3. The lowest BCUT2D eigenvalue weighted by atomic mass is 10.1. The van der Waals surface area contributed by atoms with E-state index in [0.29, 0.717) is 10.0 Å². The molecule has 2 nitrogen and oxygen atoms in total. The molecule has 0 N–H and O–H groups in total. The molecule has 1 aliphatic rings. The van der Waals surface area contributed by atoms with Crippen LogP contribution in [0.4, 0.5) is 5.69 Å². The van der Waals surface area contributed by atoms with Crippen molar-refractivity contribution in [3.63, 3.8) is 0 Å².